The van der Waals surface area contributed by atoms with Crippen LogP contribution in [-0.4, -0.2) is 47.2 Å². The fourth-order valence-electron chi connectivity index (χ4n) is 3.62. The monoisotopic (exact) mass is 346 g/mol. The van der Waals surface area contributed by atoms with Crippen LogP contribution in [0.15, 0.2) is 18.2 Å². The van der Waals surface area contributed by atoms with Crippen molar-refractivity contribution in [3.05, 3.63) is 29.6 Å². The summed E-state index contributed by atoms with van der Waals surface area (Å²) < 4.78 is 12.1. The Labute approximate surface area is 150 Å². The Hall–Kier alpha value is -1.46. The van der Waals surface area contributed by atoms with Gasteiger partial charge in [0.05, 0.1) is 31.5 Å². The lowest BCUT2D eigenvalue weighted by molar-refractivity contribution is -0.202. The molecule has 1 aromatic rings. The summed E-state index contributed by atoms with van der Waals surface area (Å²) in [6, 6.07) is 6.01. The van der Waals surface area contributed by atoms with Crippen LogP contribution in [0.1, 0.15) is 50.9 Å². The number of hydrogen-bond acceptors (Lipinski definition) is 4. The molecule has 0 radical (unpaired) electrons. The van der Waals surface area contributed by atoms with E-state index < -0.39 is 0 Å². The van der Waals surface area contributed by atoms with E-state index in [4.69, 9.17) is 9.47 Å². The summed E-state index contributed by atoms with van der Waals surface area (Å²) in [6.45, 7) is 8.98. The Balaban J connectivity index is 1.45. The number of rotatable bonds is 6. The minimum atomic E-state index is -0.184. The van der Waals surface area contributed by atoms with Crippen molar-refractivity contribution in [1.29, 1.82) is 0 Å². The Morgan fingerprint density at radius 1 is 1.44 bits per heavy atom. The molecule has 1 spiro atoms. The van der Waals surface area contributed by atoms with Gasteiger partial charge >= 0.3 is 0 Å². The highest BCUT2D eigenvalue weighted by molar-refractivity contribution is 5.77. The maximum absolute atomic E-state index is 12.2. The number of pyridine rings is 1. The van der Waals surface area contributed by atoms with Crippen LogP contribution in [0.3, 0.4) is 0 Å². The van der Waals surface area contributed by atoms with E-state index in [0.717, 1.165) is 30.7 Å². The standard InChI is InChI=1S/C20H30N2O3/c1-15(2)7-8-19(23)22-13-20(14-22)11-18(9-10-25-20)24-12-17-6-4-5-16(3)21-17/h4-6,15,18H,7-14H2,1-3H3/t18-/m0/s1. The number of carbonyl (C=O) groups excluding carboxylic acids is 1. The van der Waals surface area contributed by atoms with Gasteiger partial charge in [-0.1, -0.05) is 19.9 Å². The van der Waals surface area contributed by atoms with Crippen molar-refractivity contribution in [2.75, 3.05) is 19.7 Å². The first kappa shape index (κ1) is 18.3. The third-order valence-electron chi connectivity index (χ3n) is 5.11. The van der Waals surface area contributed by atoms with Gasteiger partial charge in [-0.25, -0.2) is 0 Å². The molecule has 0 aromatic carbocycles. The summed E-state index contributed by atoms with van der Waals surface area (Å²) in [5.74, 6) is 0.827. The van der Waals surface area contributed by atoms with Crippen molar-refractivity contribution >= 4 is 5.91 Å². The van der Waals surface area contributed by atoms with Crippen LogP contribution in [0.25, 0.3) is 0 Å². The van der Waals surface area contributed by atoms with Crippen LogP contribution in [0.5, 0.6) is 0 Å². The molecule has 5 heteroatoms. The third kappa shape index (κ3) is 4.79. The zero-order chi connectivity index (χ0) is 17.9. The summed E-state index contributed by atoms with van der Waals surface area (Å²) in [7, 11) is 0. The summed E-state index contributed by atoms with van der Waals surface area (Å²) >= 11 is 0. The second-order valence-electron chi connectivity index (χ2n) is 7.91. The van der Waals surface area contributed by atoms with E-state index in [0.29, 0.717) is 38.6 Å². The molecule has 0 saturated carbocycles. The third-order valence-corrected chi connectivity index (χ3v) is 5.11. The van der Waals surface area contributed by atoms with Crippen LogP contribution in [0.2, 0.25) is 0 Å². The summed E-state index contributed by atoms with van der Waals surface area (Å²) in [5.41, 5.74) is 1.80. The van der Waals surface area contributed by atoms with E-state index >= 15 is 0 Å². The predicted octanol–water partition coefficient (Wildman–Crippen LogP) is 3.10. The molecule has 3 heterocycles. The van der Waals surface area contributed by atoms with Crippen LogP contribution in [0, 0.1) is 12.8 Å². The van der Waals surface area contributed by atoms with Gasteiger partial charge in [-0.15, -0.1) is 0 Å². The number of amides is 1. The van der Waals surface area contributed by atoms with Gasteiger partial charge in [0, 0.05) is 25.1 Å². The second-order valence-corrected chi connectivity index (χ2v) is 7.91. The normalized spacial score (nSPS) is 22.2. The molecule has 3 rings (SSSR count). The van der Waals surface area contributed by atoms with E-state index in [1.807, 2.05) is 30.0 Å². The predicted molar refractivity (Wildman–Crippen MR) is 96.1 cm³/mol. The molecular weight excluding hydrogens is 316 g/mol. The SMILES string of the molecule is Cc1cccc(CO[C@H]2CCOC3(C2)CN(C(=O)CCC(C)C)C3)n1. The molecule has 0 bridgehead atoms. The van der Waals surface area contributed by atoms with Gasteiger partial charge in [0.2, 0.25) is 5.91 Å². The second kappa shape index (κ2) is 7.83. The van der Waals surface area contributed by atoms with Crippen LogP contribution in [0.4, 0.5) is 0 Å². The van der Waals surface area contributed by atoms with Gasteiger partial charge in [-0.2, -0.15) is 0 Å². The summed E-state index contributed by atoms with van der Waals surface area (Å²) in [4.78, 5) is 18.6. The Morgan fingerprint density at radius 2 is 2.24 bits per heavy atom. The topological polar surface area (TPSA) is 51.7 Å². The van der Waals surface area contributed by atoms with Crippen LogP contribution < -0.4 is 0 Å². The minimum Gasteiger partial charge on any atom is -0.372 e. The first-order valence-corrected chi connectivity index (χ1v) is 9.42. The lowest BCUT2D eigenvalue weighted by Gasteiger charge is -2.53. The summed E-state index contributed by atoms with van der Waals surface area (Å²) in [5, 5.41) is 0. The highest BCUT2D eigenvalue weighted by Crippen LogP contribution is 2.36. The fourth-order valence-corrected chi connectivity index (χ4v) is 3.62. The zero-order valence-electron chi connectivity index (χ0n) is 15.7. The number of nitrogens with zero attached hydrogens (tertiary/aromatic N) is 2. The molecule has 2 aliphatic rings. The lowest BCUT2D eigenvalue weighted by atomic mass is 9.84. The zero-order valence-corrected chi connectivity index (χ0v) is 15.7. The first-order valence-electron chi connectivity index (χ1n) is 9.42. The Morgan fingerprint density at radius 3 is 2.96 bits per heavy atom. The molecule has 2 saturated heterocycles. The number of carbonyl (C=O) groups is 1. The molecule has 25 heavy (non-hydrogen) atoms. The molecule has 0 aliphatic carbocycles. The maximum Gasteiger partial charge on any atom is 0.222 e. The van der Waals surface area contributed by atoms with E-state index in [9.17, 15) is 4.79 Å². The molecule has 5 nitrogen and oxygen atoms in total. The molecule has 0 N–H and O–H groups in total. The molecule has 2 fully saturated rings. The number of aryl methyl sites for hydroxylation is 1. The molecule has 2 aliphatic heterocycles. The van der Waals surface area contributed by atoms with Crippen molar-refractivity contribution in [2.45, 2.75) is 64.8 Å². The fraction of sp³-hybridized carbons (Fsp3) is 0.700. The Kier molecular flexibility index (Phi) is 5.74. The largest absolute Gasteiger partial charge is 0.372 e. The van der Waals surface area contributed by atoms with Gasteiger partial charge < -0.3 is 14.4 Å². The maximum atomic E-state index is 12.2. The quantitative estimate of drug-likeness (QED) is 0.794. The van der Waals surface area contributed by atoms with E-state index in [-0.39, 0.29) is 17.6 Å². The van der Waals surface area contributed by atoms with E-state index in [1.54, 1.807) is 0 Å². The number of hydrogen-bond donors (Lipinski definition) is 0. The van der Waals surface area contributed by atoms with Gasteiger partial charge in [-0.05, 0) is 37.8 Å². The molecular formula is C20H30N2O3. The van der Waals surface area contributed by atoms with Crippen molar-refractivity contribution in [3.63, 3.8) is 0 Å². The molecule has 1 amide bonds. The van der Waals surface area contributed by atoms with Gasteiger partial charge in [0.25, 0.3) is 0 Å². The molecule has 1 aromatic heterocycles. The highest BCUT2D eigenvalue weighted by Gasteiger charge is 2.49. The highest BCUT2D eigenvalue weighted by atomic mass is 16.5. The Bertz CT molecular complexity index is 596. The van der Waals surface area contributed by atoms with Crippen molar-refractivity contribution in [2.24, 2.45) is 5.92 Å². The molecule has 138 valence electrons. The first-order chi connectivity index (χ1) is 12.0. The number of likely N-dealkylation sites (tertiary alicyclic amines) is 1. The number of ether oxygens (including phenoxy) is 2. The van der Waals surface area contributed by atoms with E-state index in [2.05, 4.69) is 18.8 Å². The lowest BCUT2D eigenvalue weighted by Crippen LogP contribution is -2.67. The van der Waals surface area contributed by atoms with Crippen molar-refractivity contribution in [1.82, 2.24) is 9.88 Å². The summed E-state index contributed by atoms with van der Waals surface area (Å²) in [6.07, 6.45) is 3.57. The average molecular weight is 346 g/mol. The van der Waals surface area contributed by atoms with Crippen LogP contribution >= 0.6 is 0 Å². The van der Waals surface area contributed by atoms with Gasteiger partial charge in [-0.3, -0.25) is 9.78 Å². The van der Waals surface area contributed by atoms with Crippen LogP contribution in [-0.2, 0) is 20.9 Å². The van der Waals surface area contributed by atoms with Gasteiger partial charge in [0.15, 0.2) is 0 Å². The molecule has 1 atom stereocenters. The average Bonchev–Trinajstić information content (AvgIpc) is 2.56. The smallest absolute Gasteiger partial charge is 0.222 e. The molecule has 0 unspecified atom stereocenters. The van der Waals surface area contributed by atoms with Crippen molar-refractivity contribution < 1.29 is 14.3 Å². The number of aromatic nitrogens is 1. The van der Waals surface area contributed by atoms with Gasteiger partial charge in [0.1, 0.15) is 5.60 Å². The van der Waals surface area contributed by atoms with Crippen molar-refractivity contribution in [3.8, 4) is 0 Å². The van der Waals surface area contributed by atoms with E-state index in [1.165, 1.54) is 0 Å². The minimum absolute atomic E-state index is 0.184.